The third kappa shape index (κ3) is 5.05. The van der Waals surface area contributed by atoms with Crippen molar-refractivity contribution < 1.29 is 24.0 Å². The summed E-state index contributed by atoms with van der Waals surface area (Å²) in [6, 6.07) is 0.461. The Kier molecular flexibility index (Phi) is 4.50. The summed E-state index contributed by atoms with van der Waals surface area (Å²) in [4.78, 5) is 18.9. The summed E-state index contributed by atoms with van der Waals surface area (Å²) in [5, 5.41) is 8.74. The van der Waals surface area contributed by atoms with Crippen molar-refractivity contribution in [1.82, 2.24) is 4.90 Å². The van der Waals surface area contributed by atoms with Gasteiger partial charge in [0.15, 0.2) is 0 Å². The van der Waals surface area contributed by atoms with Crippen molar-refractivity contribution in [2.75, 3.05) is 26.3 Å². The molecule has 1 aliphatic rings. The molecule has 0 radical (unpaired) electrons. The summed E-state index contributed by atoms with van der Waals surface area (Å²) in [7, 11) is -4.34. The van der Waals surface area contributed by atoms with E-state index in [1.54, 1.807) is 0 Å². The topological polar surface area (TPSA) is 90.2 Å². The van der Waals surface area contributed by atoms with Gasteiger partial charge in [0, 0.05) is 19.1 Å². The molecule has 0 aliphatic heterocycles. The van der Waals surface area contributed by atoms with Crippen LogP contribution < -0.4 is 0 Å². The average Bonchev–Trinajstić information content (AvgIpc) is 2.83. The summed E-state index contributed by atoms with van der Waals surface area (Å²) in [6.07, 6.45) is 2.19. The van der Waals surface area contributed by atoms with Gasteiger partial charge in [-0.05, 0) is 12.8 Å². The van der Waals surface area contributed by atoms with E-state index >= 15 is 0 Å². The SMILES string of the molecule is O=P(O)(O)OCCN(CCO)C1CC1. The second kappa shape index (κ2) is 5.21. The minimum atomic E-state index is -4.34. The molecule has 0 heterocycles. The van der Waals surface area contributed by atoms with Gasteiger partial charge in [0.05, 0.1) is 13.2 Å². The molecule has 14 heavy (non-hydrogen) atoms. The predicted molar refractivity (Wildman–Crippen MR) is 49.7 cm³/mol. The number of rotatable bonds is 7. The maximum absolute atomic E-state index is 10.4. The van der Waals surface area contributed by atoms with Crippen LogP contribution in [0.5, 0.6) is 0 Å². The Morgan fingerprint density at radius 3 is 2.43 bits per heavy atom. The summed E-state index contributed by atoms with van der Waals surface area (Å²) < 4.78 is 14.7. The standard InChI is InChI=1S/C7H16NO5P/c9-5-3-8(7-1-2-7)4-6-13-14(10,11)12/h7,9H,1-6H2,(H2,10,11,12). The van der Waals surface area contributed by atoms with E-state index in [1.165, 1.54) is 0 Å². The van der Waals surface area contributed by atoms with Crippen LogP contribution in [0.3, 0.4) is 0 Å². The second-order valence-electron chi connectivity index (χ2n) is 3.31. The first kappa shape index (κ1) is 12.1. The molecule has 0 atom stereocenters. The molecule has 0 aromatic rings. The number of aliphatic hydroxyl groups is 1. The monoisotopic (exact) mass is 225 g/mol. The minimum absolute atomic E-state index is 0.000772. The van der Waals surface area contributed by atoms with E-state index in [0.717, 1.165) is 12.8 Å². The Hall–Kier alpha value is 0.0300. The maximum Gasteiger partial charge on any atom is 0.469 e. The van der Waals surface area contributed by atoms with Crippen LogP contribution >= 0.6 is 7.82 Å². The number of hydrogen-bond donors (Lipinski definition) is 3. The highest BCUT2D eigenvalue weighted by atomic mass is 31.2. The van der Waals surface area contributed by atoms with E-state index in [1.807, 2.05) is 4.90 Å². The zero-order valence-corrected chi connectivity index (χ0v) is 8.77. The highest BCUT2D eigenvalue weighted by molar-refractivity contribution is 7.46. The minimum Gasteiger partial charge on any atom is -0.395 e. The molecule has 0 bridgehead atoms. The third-order valence-electron chi connectivity index (χ3n) is 2.09. The molecular weight excluding hydrogens is 209 g/mol. The second-order valence-corrected chi connectivity index (χ2v) is 4.55. The summed E-state index contributed by atoms with van der Waals surface area (Å²) in [5.74, 6) is 0. The quantitative estimate of drug-likeness (QED) is 0.508. The molecule has 1 saturated carbocycles. The van der Waals surface area contributed by atoms with E-state index in [2.05, 4.69) is 4.52 Å². The molecular formula is C7H16NO5P. The van der Waals surface area contributed by atoms with Gasteiger partial charge >= 0.3 is 7.82 Å². The van der Waals surface area contributed by atoms with Crippen molar-refractivity contribution in [3.63, 3.8) is 0 Å². The van der Waals surface area contributed by atoms with Gasteiger partial charge in [-0.25, -0.2) is 4.57 Å². The molecule has 84 valence electrons. The maximum atomic E-state index is 10.4. The normalized spacial score (nSPS) is 17.7. The van der Waals surface area contributed by atoms with Crippen LogP contribution in [0.1, 0.15) is 12.8 Å². The number of hydrogen-bond acceptors (Lipinski definition) is 4. The van der Waals surface area contributed by atoms with Crippen molar-refractivity contribution in [3.05, 3.63) is 0 Å². The number of aliphatic hydroxyl groups excluding tert-OH is 1. The zero-order valence-electron chi connectivity index (χ0n) is 7.87. The predicted octanol–water partition coefficient (Wildman–Crippen LogP) is -0.448. The molecule has 0 aromatic heterocycles. The van der Waals surface area contributed by atoms with Gasteiger partial charge < -0.3 is 14.9 Å². The summed E-state index contributed by atoms with van der Waals surface area (Å²) in [5.41, 5.74) is 0. The fourth-order valence-corrected chi connectivity index (χ4v) is 1.64. The van der Waals surface area contributed by atoms with Crippen molar-refractivity contribution in [3.8, 4) is 0 Å². The van der Waals surface area contributed by atoms with Crippen LogP contribution in [0.2, 0.25) is 0 Å². The van der Waals surface area contributed by atoms with Crippen LogP contribution in [0, 0.1) is 0 Å². The van der Waals surface area contributed by atoms with E-state index in [4.69, 9.17) is 14.9 Å². The lowest BCUT2D eigenvalue weighted by Crippen LogP contribution is -2.32. The molecule has 0 aromatic carbocycles. The van der Waals surface area contributed by atoms with Crippen LogP contribution in [0.25, 0.3) is 0 Å². The van der Waals surface area contributed by atoms with Crippen LogP contribution in [0.4, 0.5) is 0 Å². The van der Waals surface area contributed by atoms with Crippen LogP contribution in [0.15, 0.2) is 0 Å². The van der Waals surface area contributed by atoms with Crippen molar-refractivity contribution in [2.24, 2.45) is 0 Å². The molecule has 1 fully saturated rings. The lowest BCUT2D eigenvalue weighted by molar-refractivity contribution is 0.139. The number of nitrogens with zero attached hydrogens (tertiary/aromatic N) is 1. The smallest absolute Gasteiger partial charge is 0.395 e. The van der Waals surface area contributed by atoms with Gasteiger partial charge in [0.1, 0.15) is 0 Å². The van der Waals surface area contributed by atoms with Crippen molar-refractivity contribution in [2.45, 2.75) is 18.9 Å². The molecule has 1 aliphatic carbocycles. The van der Waals surface area contributed by atoms with Crippen molar-refractivity contribution in [1.29, 1.82) is 0 Å². The van der Waals surface area contributed by atoms with E-state index in [-0.39, 0.29) is 13.2 Å². The Morgan fingerprint density at radius 1 is 1.36 bits per heavy atom. The molecule has 0 spiro atoms. The highest BCUT2D eigenvalue weighted by Crippen LogP contribution is 2.35. The molecule has 0 saturated heterocycles. The summed E-state index contributed by atoms with van der Waals surface area (Å²) >= 11 is 0. The lowest BCUT2D eigenvalue weighted by Gasteiger charge is -2.20. The highest BCUT2D eigenvalue weighted by Gasteiger charge is 2.28. The number of phosphoric acid groups is 1. The molecule has 0 amide bonds. The Bertz CT molecular complexity index is 214. The Labute approximate surface area is 82.7 Å². The average molecular weight is 225 g/mol. The van der Waals surface area contributed by atoms with E-state index in [0.29, 0.717) is 19.1 Å². The summed E-state index contributed by atoms with van der Waals surface area (Å²) in [6.45, 7) is 1.05. The number of phosphoric ester groups is 1. The first-order valence-corrected chi connectivity index (χ1v) is 6.11. The molecule has 0 unspecified atom stereocenters. The van der Waals surface area contributed by atoms with Gasteiger partial charge in [-0.3, -0.25) is 9.42 Å². The molecule has 1 rings (SSSR count). The largest absolute Gasteiger partial charge is 0.469 e. The first-order valence-electron chi connectivity index (χ1n) is 4.58. The van der Waals surface area contributed by atoms with E-state index in [9.17, 15) is 4.57 Å². The first-order chi connectivity index (χ1) is 6.53. The molecule has 7 heteroatoms. The van der Waals surface area contributed by atoms with Gasteiger partial charge in [-0.15, -0.1) is 0 Å². The fourth-order valence-electron chi connectivity index (χ4n) is 1.32. The lowest BCUT2D eigenvalue weighted by atomic mass is 10.4. The van der Waals surface area contributed by atoms with Gasteiger partial charge in [-0.2, -0.15) is 0 Å². The van der Waals surface area contributed by atoms with Crippen molar-refractivity contribution >= 4 is 7.82 Å². The fraction of sp³-hybridized carbons (Fsp3) is 1.00. The Balaban J connectivity index is 2.16. The zero-order chi connectivity index (χ0) is 10.6. The molecule has 6 nitrogen and oxygen atoms in total. The van der Waals surface area contributed by atoms with E-state index < -0.39 is 7.82 Å². The van der Waals surface area contributed by atoms with Gasteiger partial charge in [-0.1, -0.05) is 0 Å². The Morgan fingerprint density at radius 2 is 2.00 bits per heavy atom. The van der Waals surface area contributed by atoms with Crippen LogP contribution in [-0.4, -0.2) is 52.1 Å². The molecule has 3 N–H and O–H groups in total. The third-order valence-corrected chi connectivity index (χ3v) is 2.61. The van der Waals surface area contributed by atoms with Crippen LogP contribution in [-0.2, 0) is 9.09 Å². The van der Waals surface area contributed by atoms with Gasteiger partial charge in [0.2, 0.25) is 0 Å². The van der Waals surface area contributed by atoms with Gasteiger partial charge in [0.25, 0.3) is 0 Å².